The van der Waals surface area contributed by atoms with Crippen LogP contribution in [0.5, 0.6) is 0 Å². The van der Waals surface area contributed by atoms with Crippen molar-refractivity contribution in [3.05, 3.63) is 59.4 Å². The number of aromatic nitrogens is 4. The zero-order valence-electron chi connectivity index (χ0n) is 16.4. The molecular weight excluding hydrogens is 392 g/mol. The molecule has 0 atom stereocenters. The molecule has 0 bridgehead atoms. The summed E-state index contributed by atoms with van der Waals surface area (Å²) in [6.45, 7) is 5.70. The van der Waals surface area contributed by atoms with Crippen LogP contribution >= 0.6 is 0 Å². The van der Waals surface area contributed by atoms with Gasteiger partial charge in [-0.1, -0.05) is 12.1 Å². The van der Waals surface area contributed by atoms with Gasteiger partial charge in [-0.05, 0) is 51.1 Å². The van der Waals surface area contributed by atoms with Crippen molar-refractivity contribution in [3.8, 4) is 5.82 Å². The summed E-state index contributed by atoms with van der Waals surface area (Å²) in [4.78, 5) is 11.5. The summed E-state index contributed by atoms with van der Waals surface area (Å²) in [6, 6.07) is 11.4. The van der Waals surface area contributed by atoms with Crippen molar-refractivity contribution in [3.63, 3.8) is 0 Å². The first-order valence-electron chi connectivity index (χ1n) is 8.98. The lowest BCUT2D eigenvalue weighted by Gasteiger charge is -2.09. The molecule has 0 aliphatic rings. The van der Waals surface area contributed by atoms with E-state index in [0.29, 0.717) is 23.7 Å². The van der Waals surface area contributed by atoms with E-state index in [-0.39, 0.29) is 17.2 Å². The van der Waals surface area contributed by atoms with Crippen molar-refractivity contribution in [1.82, 2.24) is 24.7 Å². The van der Waals surface area contributed by atoms with E-state index in [0.717, 1.165) is 11.4 Å². The van der Waals surface area contributed by atoms with Gasteiger partial charge in [0.05, 0.1) is 10.6 Å². The smallest absolute Gasteiger partial charge is 0.240 e. The predicted molar refractivity (Wildman–Crippen MR) is 109 cm³/mol. The van der Waals surface area contributed by atoms with Gasteiger partial charge >= 0.3 is 0 Å². The number of nitrogens with one attached hydrogen (secondary N) is 2. The Morgan fingerprint density at radius 2 is 1.86 bits per heavy atom. The van der Waals surface area contributed by atoms with E-state index in [9.17, 15) is 13.2 Å². The number of carbonyl (C=O) groups is 1. The Morgan fingerprint density at radius 3 is 2.48 bits per heavy atom. The largest absolute Gasteiger partial charge is 0.367 e. The molecule has 0 saturated carbocycles. The van der Waals surface area contributed by atoms with Gasteiger partial charge in [0.2, 0.25) is 10.0 Å². The summed E-state index contributed by atoms with van der Waals surface area (Å²) < 4.78 is 28.9. The first-order valence-corrected chi connectivity index (χ1v) is 10.5. The highest BCUT2D eigenvalue weighted by molar-refractivity contribution is 7.89. The predicted octanol–water partition coefficient (Wildman–Crippen LogP) is 1.87. The highest BCUT2D eigenvalue weighted by Gasteiger charge is 2.14. The zero-order valence-corrected chi connectivity index (χ0v) is 17.2. The van der Waals surface area contributed by atoms with E-state index in [2.05, 4.69) is 25.3 Å². The van der Waals surface area contributed by atoms with Crippen LogP contribution in [0.15, 0.2) is 47.4 Å². The molecule has 0 unspecified atom stereocenters. The molecule has 9 nitrogen and oxygen atoms in total. The Morgan fingerprint density at radius 1 is 1.07 bits per heavy atom. The van der Waals surface area contributed by atoms with Crippen LogP contribution in [-0.2, 0) is 10.0 Å². The maximum Gasteiger partial charge on any atom is 0.240 e. The maximum atomic E-state index is 12.4. The van der Waals surface area contributed by atoms with Crippen LogP contribution in [0.25, 0.3) is 5.82 Å². The van der Waals surface area contributed by atoms with Gasteiger partial charge in [0, 0.05) is 24.3 Å². The summed E-state index contributed by atoms with van der Waals surface area (Å²) in [5.41, 5.74) is 2.21. The second-order valence-corrected chi connectivity index (χ2v) is 8.29. The zero-order chi connectivity index (χ0) is 21.0. The molecule has 3 rings (SSSR count). The van der Waals surface area contributed by atoms with Crippen molar-refractivity contribution in [1.29, 1.82) is 0 Å². The highest BCUT2D eigenvalue weighted by Crippen LogP contribution is 2.12. The van der Waals surface area contributed by atoms with Gasteiger partial charge in [-0.2, -0.15) is 5.10 Å². The lowest BCUT2D eigenvalue weighted by Crippen LogP contribution is -2.29. The van der Waals surface area contributed by atoms with Gasteiger partial charge in [-0.25, -0.2) is 17.8 Å². The Bertz CT molecular complexity index is 1120. The van der Waals surface area contributed by atoms with E-state index in [1.165, 1.54) is 19.1 Å². The molecule has 0 spiro atoms. The number of hydrogen-bond acceptors (Lipinski definition) is 7. The molecule has 0 saturated heterocycles. The van der Waals surface area contributed by atoms with Crippen LogP contribution in [0.4, 0.5) is 5.82 Å². The number of sulfonamides is 1. The van der Waals surface area contributed by atoms with Crippen LogP contribution in [0.2, 0.25) is 0 Å². The number of hydrogen-bond donors (Lipinski definition) is 2. The number of benzene rings is 1. The first-order chi connectivity index (χ1) is 13.8. The summed E-state index contributed by atoms with van der Waals surface area (Å²) >= 11 is 0. The Kier molecular flexibility index (Phi) is 6.04. The number of aryl methyl sites for hydroxylation is 2. The fourth-order valence-electron chi connectivity index (χ4n) is 2.73. The molecule has 2 heterocycles. The molecule has 29 heavy (non-hydrogen) atoms. The standard InChI is InChI=1S/C19H22N6O3S/c1-13-11-14(2)25(24-13)19-8-7-18(22-23-19)20-9-10-21-29(27,28)17-6-4-5-16(12-17)15(3)26/h4-8,11-12,21H,9-10H2,1-3H3,(H,20,22). The third kappa shape index (κ3) is 5.04. The molecule has 152 valence electrons. The van der Waals surface area contributed by atoms with Gasteiger partial charge in [0.15, 0.2) is 11.6 Å². The molecule has 0 aliphatic heterocycles. The van der Waals surface area contributed by atoms with E-state index in [4.69, 9.17) is 0 Å². The third-order valence-electron chi connectivity index (χ3n) is 4.15. The molecule has 1 aromatic carbocycles. The quantitative estimate of drug-likeness (QED) is 0.427. The summed E-state index contributed by atoms with van der Waals surface area (Å²) in [5.74, 6) is 0.937. The Labute approximate surface area is 169 Å². The second-order valence-electron chi connectivity index (χ2n) is 6.52. The molecule has 0 fully saturated rings. The van der Waals surface area contributed by atoms with Crippen molar-refractivity contribution < 1.29 is 13.2 Å². The second kappa shape index (κ2) is 8.50. The van der Waals surface area contributed by atoms with Crippen LogP contribution in [-0.4, -0.2) is 47.3 Å². The molecular formula is C19H22N6O3S. The fraction of sp³-hybridized carbons (Fsp3) is 0.263. The van der Waals surface area contributed by atoms with Crippen LogP contribution in [0.1, 0.15) is 28.7 Å². The minimum atomic E-state index is -3.71. The third-order valence-corrected chi connectivity index (χ3v) is 5.61. The average molecular weight is 414 g/mol. The highest BCUT2D eigenvalue weighted by atomic mass is 32.2. The first kappa shape index (κ1) is 20.6. The van der Waals surface area contributed by atoms with Crippen molar-refractivity contribution in [2.45, 2.75) is 25.7 Å². The fourth-order valence-corrected chi connectivity index (χ4v) is 3.81. The minimum Gasteiger partial charge on any atom is -0.367 e. The number of nitrogens with zero attached hydrogens (tertiary/aromatic N) is 4. The summed E-state index contributed by atoms with van der Waals surface area (Å²) in [5, 5.41) is 15.6. The molecule has 0 amide bonds. The van der Waals surface area contributed by atoms with Gasteiger partial charge in [0.1, 0.15) is 5.82 Å². The van der Waals surface area contributed by atoms with E-state index in [1.807, 2.05) is 19.9 Å². The Balaban J connectivity index is 1.55. The van der Waals surface area contributed by atoms with Crippen LogP contribution < -0.4 is 10.0 Å². The van der Waals surface area contributed by atoms with Gasteiger partial charge in [-0.3, -0.25) is 4.79 Å². The number of rotatable bonds is 8. The molecule has 10 heteroatoms. The number of ketones is 1. The topological polar surface area (TPSA) is 119 Å². The maximum absolute atomic E-state index is 12.4. The van der Waals surface area contributed by atoms with Crippen molar-refractivity contribution >= 4 is 21.6 Å². The van der Waals surface area contributed by atoms with Crippen molar-refractivity contribution in [2.75, 3.05) is 18.4 Å². The van der Waals surface area contributed by atoms with E-state index >= 15 is 0 Å². The monoisotopic (exact) mass is 414 g/mol. The van der Waals surface area contributed by atoms with Crippen LogP contribution in [0, 0.1) is 13.8 Å². The lowest BCUT2D eigenvalue weighted by molar-refractivity contribution is 0.101. The lowest BCUT2D eigenvalue weighted by atomic mass is 10.2. The molecule has 3 aromatic rings. The Hall–Kier alpha value is -3.11. The SMILES string of the molecule is CC(=O)c1cccc(S(=O)(=O)NCCNc2ccc(-n3nc(C)cc3C)nn2)c1. The molecule has 0 aliphatic carbocycles. The molecule has 2 N–H and O–H groups in total. The van der Waals surface area contributed by atoms with Crippen molar-refractivity contribution in [2.24, 2.45) is 0 Å². The number of anilines is 1. The number of Topliss-reactive ketones (excluding diaryl/α,β-unsaturated/α-hetero) is 1. The minimum absolute atomic E-state index is 0.0548. The van der Waals surface area contributed by atoms with Crippen LogP contribution in [0.3, 0.4) is 0 Å². The average Bonchev–Trinajstić information content (AvgIpc) is 3.04. The van der Waals surface area contributed by atoms with E-state index in [1.54, 1.807) is 28.9 Å². The molecule has 2 aromatic heterocycles. The summed E-state index contributed by atoms with van der Waals surface area (Å²) in [6.07, 6.45) is 0. The summed E-state index contributed by atoms with van der Waals surface area (Å²) in [7, 11) is -3.71. The van der Waals surface area contributed by atoms with E-state index < -0.39 is 10.0 Å². The van der Waals surface area contributed by atoms with Gasteiger partial charge in [-0.15, -0.1) is 10.2 Å². The normalized spacial score (nSPS) is 11.4. The van der Waals surface area contributed by atoms with Gasteiger partial charge < -0.3 is 5.32 Å². The number of carbonyl (C=O) groups excluding carboxylic acids is 1. The molecule has 0 radical (unpaired) electrons. The van der Waals surface area contributed by atoms with Gasteiger partial charge in [0.25, 0.3) is 0 Å².